The van der Waals surface area contributed by atoms with Gasteiger partial charge in [0.15, 0.2) is 12.4 Å². The van der Waals surface area contributed by atoms with E-state index in [0.29, 0.717) is 0 Å². The largest absolute Gasteiger partial charge is 0.428 e. The average Bonchev–Trinajstić information content (AvgIpc) is 2.35. The van der Waals surface area contributed by atoms with E-state index in [1.165, 1.54) is 18.4 Å². The highest BCUT2D eigenvalue weighted by molar-refractivity contribution is 7.86. The number of pyridine rings is 1. The molecule has 0 radical (unpaired) electrons. The minimum absolute atomic E-state index is 1.15. The molecule has 9 heteroatoms. The first-order valence-corrected chi connectivity index (χ1v) is 7.55. The second kappa shape index (κ2) is 8.28. The van der Waals surface area contributed by atoms with Crippen LogP contribution in [0.25, 0.3) is 0 Å². The summed E-state index contributed by atoms with van der Waals surface area (Å²) in [6.45, 7) is 5.50. The van der Waals surface area contributed by atoms with Crippen molar-refractivity contribution in [3.05, 3.63) is 30.1 Å². The van der Waals surface area contributed by atoms with Gasteiger partial charge in [-0.3, -0.25) is 4.55 Å². The fraction of sp³-hybridized carbons (Fsp3) is 0.583. The number of aromatic nitrogens is 1. The number of hydrogen-bond acceptors (Lipinski definition) is 2. The number of aryl methyl sites for hydroxylation is 2. The molecule has 0 atom stereocenters. The molecule has 1 heterocycles. The van der Waals surface area contributed by atoms with E-state index in [1.54, 1.807) is 0 Å². The minimum Gasteiger partial charge on any atom is -0.281 e. The molecule has 0 unspecified atom stereocenters. The highest BCUT2D eigenvalue weighted by Crippen LogP contribution is 2.27. The number of alkyl halides is 4. The molecule has 0 aliphatic heterocycles. The van der Waals surface area contributed by atoms with E-state index in [4.69, 9.17) is 4.55 Å². The molecule has 0 saturated heterocycles. The molecule has 0 bridgehead atoms. The molecule has 21 heavy (non-hydrogen) atoms. The minimum atomic E-state index is -5.98. The van der Waals surface area contributed by atoms with Crippen molar-refractivity contribution >= 4 is 10.1 Å². The van der Waals surface area contributed by atoms with Crippen molar-refractivity contribution in [1.29, 1.82) is 0 Å². The summed E-state index contributed by atoms with van der Waals surface area (Å²) in [6, 6.07) is 4.23. The van der Waals surface area contributed by atoms with Crippen molar-refractivity contribution in [3.63, 3.8) is 0 Å². The Morgan fingerprint density at radius 2 is 1.95 bits per heavy atom. The SMILES string of the molecule is CCCC[n+]1cccc(C)c1.O=S(=O)(O)C(F)(F)C(F)F. The second-order valence-corrected chi connectivity index (χ2v) is 5.80. The van der Waals surface area contributed by atoms with Gasteiger partial charge in [-0.1, -0.05) is 13.3 Å². The van der Waals surface area contributed by atoms with E-state index in [9.17, 15) is 26.0 Å². The van der Waals surface area contributed by atoms with Gasteiger partial charge in [-0.25, -0.2) is 13.3 Å². The lowest BCUT2D eigenvalue weighted by molar-refractivity contribution is -0.697. The number of unbranched alkanes of at least 4 members (excludes halogenated alkanes) is 1. The first-order chi connectivity index (χ1) is 9.52. The van der Waals surface area contributed by atoms with E-state index < -0.39 is 21.8 Å². The standard InChI is InChI=1S/C10H16N.C2H2F4O3S/c1-3-4-7-11-8-5-6-10(2)9-11;3-1(4)2(5,6)10(7,8)9/h5-6,8-9H,3-4,7H2,1-2H3;1H,(H,7,8,9)/q+1;. The van der Waals surface area contributed by atoms with Crippen molar-refractivity contribution in [2.24, 2.45) is 0 Å². The summed E-state index contributed by atoms with van der Waals surface area (Å²) in [7, 11) is -5.98. The maximum atomic E-state index is 11.5. The molecule has 0 fully saturated rings. The lowest BCUT2D eigenvalue weighted by atomic mass is 10.3. The summed E-state index contributed by atoms with van der Waals surface area (Å²) in [5.74, 6) is 0. The van der Waals surface area contributed by atoms with E-state index >= 15 is 0 Å². The molecule has 0 aliphatic rings. The van der Waals surface area contributed by atoms with Gasteiger partial charge in [0.05, 0.1) is 0 Å². The van der Waals surface area contributed by atoms with E-state index in [2.05, 4.69) is 42.9 Å². The molecule has 0 spiro atoms. The van der Waals surface area contributed by atoms with Crippen LogP contribution < -0.4 is 4.57 Å². The zero-order chi connectivity index (χ0) is 16.7. The zero-order valence-corrected chi connectivity index (χ0v) is 12.5. The Labute approximate surface area is 121 Å². The fourth-order valence-electron chi connectivity index (χ4n) is 1.25. The van der Waals surface area contributed by atoms with Gasteiger partial charge >= 0.3 is 21.8 Å². The molecule has 1 N–H and O–H groups in total. The van der Waals surface area contributed by atoms with Crippen LogP contribution in [0.4, 0.5) is 17.6 Å². The Morgan fingerprint density at radius 1 is 1.38 bits per heavy atom. The third-order valence-electron chi connectivity index (χ3n) is 2.37. The molecule has 0 amide bonds. The predicted molar refractivity (Wildman–Crippen MR) is 68.8 cm³/mol. The van der Waals surface area contributed by atoms with Gasteiger partial charge in [0, 0.05) is 18.1 Å². The van der Waals surface area contributed by atoms with E-state index in [-0.39, 0.29) is 0 Å². The second-order valence-electron chi connectivity index (χ2n) is 4.31. The Balaban J connectivity index is 0.000000384. The molecule has 1 rings (SSSR count). The average molecular weight is 332 g/mol. The first-order valence-electron chi connectivity index (χ1n) is 6.11. The molecule has 1 aromatic rings. The third kappa shape index (κ3) is 6.85. The van der Waals surface area contributed by atoms with E-state index in [1.807, 2.05) is 0 Å². The molecule has 4 nitrogen and oxygen atoms in total. The highest BCUT2D eigenvalue weighted by atomic mass is 32.2. The maximum absolute atomic E-state index is 11.5. The third-order valence-corrected chi connectivity index (χ3v) is 3.24. The lowest BCUT2D eigenvalue weighted by Gasteiger charge is -2.09. The van der Waals surface area contributed by atoms with Gasteiger partial charge in [-0.05, 0) is 13.0 Å². The summed E-state index contributed by atoms with van der Waals surface area (Å²) < 4.78 is 73.5. The predicted octanol–water partition coefficient (Wildman–Crippen LogP) is 2.81. The van der Waals surface area contributed by atoms with Gasteiger partial charge < -0.3 is 0 Å². The summed E-state index contributed by atoms with van der Waals surface area (Å²) in [5.41, 5.74) is 1.34. The normalized spacial score (nSPS) is 12.0. The number of rotatable bonds is 5. The van der Waals surface area contributed by atoms with Crippen LogP contribution in [0.15, 0.2) is 24.5 Å². The Kier molecular flexibility index (Phi) is 7.80. The van der Waals surface area contributed by atoms with Crippen LogP contribution in [0.1, 0.15) is 25.3 Å². The smallest absolute Gasteiger partial charge is 0.281 e. The number of hydrogen-bond donors (Lipinski definition) is 1. The number of halogens is 4. The van der Waals surface area contributed by atoms with Crippen molar-refractivity contribution in [3.8, 4) is 0 Å². The lowest BCUT2D eigenvalue weighted by Crippen LogP contribution is -2.35. The van der Waals surface area contributed by atoms with Crippen molar-refractivity contribution in [1.82, 2.24) is 0 Å². The van der Waals surface area contributed by atoms with Gasteiger partial charge in [-0.15, -0.1) is 0 Å². The van der Waals surface area contributed by atoms with Crippen LogP contribution in [0.5, 0.6) is 0 Å². The topological polar surface area (TPSA) is 58.2 Å². The van der Waals surface area contributed by atoms with Crippen molar-refractivity contribution in [2.45, 2.75) is 44.9 Å². The first kappa shape index (κ1) is 19.8. The monoisotopic (exact) mass is 332 g/mol. The van der Waals surface area contributed by atoms with Crippen LogP contribution in [-0.4, -0.2) is 24.7 Å². The van der Waals surface area contributed by atoms with E-state index in [0.717, 1.165) is 6.54 Å². The maximum Gasteiger partial charge on any atom is 0.428 e. The van der Waals surface area contributed by atoms with Gasteiger partial charge in [0.1, 0.15) is 6.54 Å². The Morgan fingerprint density at radius 3 is 2.29 bits per heavy atom. The van der Waals surface area contributed by atoms with Gasteiger partial charge in [-0.2, -0.15) is 17.2 Å². The van der Waals surface area contributed by atoms with Crippen molar-refractivity contribution in [2.75, 3.05) is 0 Å². The molecule has 0 aliphatic carbocycles. The van der Waals surface area contributed by atoms with Gasteiger partial charge in [0.2, 0.25) is 0 Å². The van der Waals surface area contributed by atoms with Crippen molar-refractivity contribution < 1.29 is 35.1 Å². The van der Waals surface area contributed by atoms with Crippen LogP contribution in [-0.2, 0) is 16.7 Å². The Bertz CT molecular complexity index is 535. The summed E-state index contributed by atoms with van der Waals surface area (Å²) in [5, 5.41) is -5.37. The molecule has 1 aromatic heterocycles. The van der Waals surface area contributed by atoms with Crippen LogP contribution >= 0.6 is 0 Å². The summed E-state index contributed by atoms with van der Waals surface area (Å²) in [4.78, 5) is 0. The summed E-state index contributed by atoms with van der Waals surface area (Å²) in [6.07, 6.45) is 2.44. The molecule has 122 valence electrons. The molecular formula is C12H18F4NO3S+. The zero-order valence-electron chi connectivity index (χ0n) is 11.6. The van der Waals surface area contributed by atoms with Gasteiger partial charge in [0.25, 0.3) is 0 Å². The van der Waals surface area contributed by atoms with Crippen LogP contribution in [0.3, 0.4) is 0 Å². The number of nitrogens with zero attached hydrogens (tertiary/aromatic N) is 1. The Hall–Kier alpha value is -1.22. The quantitative estimate of drug-likeness (QED) is 0.512. The van der Waals surface area contributed by atoms with Crippen LogP contribution in [0.2, 0.25) is 0 Å². The molecule has 0 aromatic carbocycles. The molecule has 0 saturated carbocycles. The fourth-order valence-corrected chi connectivity index (χ4v) is 1.47. The van der Waals surface area contributed by atoms with Crippen LogP contribution in [0, 0.1) is 6.92 Å². The highest BCUT2D eigenvalue weighted by Gasteiger charge is 2.53. The molecular weight excluding hydrogens is 314 g/mol. The summed E-state index contributed by atoms with van der Waals surface area (Å²) >= 11 is 0.